The summed E-state index contributed by atoms with van der Waals surface area (Å²) in [6.07, 6.45) is 2.43. The molecule has 0 fully saturated rings. The van der Waals surface area contributed by atoms with Crippen LogP contribution in [0.15, 0.2) is 6.20 Å². The van der Waals surface area contributed by atoms with Gasteiger partial charge in [0.25, 0.3) is 0 Å². The van der Waals surface area contributed by atoms with Gasteiger partial charge < -0.3 is 11.1 Å². The van der Waals surface area contributed by atoms with Gasteiger partial charge in [0.1, 0.15) is 6.54 Å². The Bertz CT molecular complexity index is 308. The van der Waals surface area contributed by atoms with Crippen molar-refractivity contribution in [1.29, 1.82) is 0 Å². The maximum atomic E-state index is 11.4. The molecule has 1 aromatic rings. The molecule has 1 heterocycles. The Labute approximate surface area is 82.5 Å². The van der Waals surface area contributed by atoms with E-state index in [9.17, 15) is 4.79 Å². The van der Waals surface area contributed by atoms with Crippen LogP contribution in [0.3, 0.4) is 0 Å². The summed E-state index contributed by atoms with van der Waals surface area (Å²) in [5.74, 6) is 0.241. The maximum Gasteiger partial charge on any atom is 0.242 e. The number of hydrogen-bond acceptors (Lipinski definition) is 4. The van der Waals surface area contributed by atoms with E-state index in [1.807, 2.05) is 13.8 Å². The summed E-state index contributed by atoms with van der Waals surface area (Å²) in [7, 11) is 0. The zero-order chi connectivity index (χ0) is 10.6. The Kier molecular flexibility index (Phi) is 3.44. The Morgan fingerprint density at radius 1 is 1.79 bits per heavy atom. The Morgan fingerprint density at radius 2 is 2.50 bits per heavy atom. The predicted octanol–water partition coefficient (Wildman–Crippen LogP) is -0.225. The first-order chi connectivity index (χ1) is 6.61. The number of rotatable bonds is 4. The van der Waals surface area contributed by atoms with E-state index in [0.29, 0.717) is 5.82 Å². The van der Waals surface area contributed by atoms with Crippen LogP contribution in [0.2, 0.25) is 0 Å². The van der Waals surface area contributed by atoms with Gasteiger partial charge in [0.15, 0.2) is 5.82 Å². The van der Waals surface area contributed by atoms with Crippen LogP contribution in [-0.2, 0) is 11.3 Å². The summed E-state index contributed by atoms with van der Waals surface area (Å²) in [5, 5.41) is 10.1. The average molecular weight is 197 g/mol. The molecule has 1 rings (SSSR count). The van der Waals surface area contributed by atoms with E-state index in [1.165, 1.54) is 10.9 Å². The van der Waals surface area contributed by atoms with Gasteiger partial charge in [-0.05, 0) is 13.3 Å². The average Bonchev–Trinajstić information content (AvgIpc) is 2.50. The lowest BCUT2D eigenvalue weighted by Crippen LogP contribution is -2.34. The first kappa shape index (κ1) is 10.5. The van der Waals surface area contributed by atoms with E-state index in [0.717, 1.165) is 6.42 Å². The van der Waals surface area contributed by atoms with Crippen molar-refractivity contribution >= 4 is 11.7 Å². The third-order valence-corrected chi connectivity index (χ3v) is 1.88. The number of nitrogens with zero attached hydrogens (tertiary/aromatic N) is 3. The number of hydrogen-bond donors (Lipinski definition) is 2. The van der Waals surface area contributed by atoms with Crippen molar-refractivity contribution in [2.45, 2.75) is 32.9 Å². The number of nitrogens with two attached hydrogens (primary N) is 1. The van der Waals surface area contributed by atoms with Crippen LogP contribution in [0.5, 0.6) is 0 Å². The molecule has 0 radical (unpaired) electrons. The predicted molar refractivity (Wildman–Crippen MR) is 52.3 cm³/mol. The monoisotopic (exact) mass is 197 g/mol. The quantitative estimate of drug-likeness (QED) is 0.698. The van der Waals surface area contributed by atoms with E-state index in [-0.39, 0.29) is 18.5 Å². The molecule has 78 valence electrons. The summed E-state index contributed by atoms with van der Waals surface area (Å²) in [5.41, 5.74) is 5.36. The highest BCUT2D eigenvalue weighted by molar-refractivity contribution is 5.75. The van der Waals surface area contributed by atoms with E-state index < -0.39 is 0 Å². The van der Waals surface area contributed by atoms with Crippen LogP contribution in [-0.4, -0.2) is 26.9 Å². The number of amides is 1. The van der Waals surface area contributed by atoms with Gasteiger partial charge in [-0.2, -0.15) is 0 Å². The summed E-state index contributed by atoms with van der Waals surface area (Å²) >= 11 is 0. The van der Waals surface area contributed by atoms with Crippen molar-refractivity contribution < 1.29 is 4.79 Å². The highest BCUT2D eigenvalue weighted by Gasteiger charge is 2.06. The normalized spacial score (nSPS) is 12.4. The molecule has 0 bridgehead atoms. The zero-order valence-corrected chi connectivity index (χ0v) is 8.40. The highest BCUT2D eigenvalue weighted by Crippen LogP contribution is 1.93. The van der Waals surface area contributed by atoms with Gasteiger partial charge in [-0.25, -0.2) is 4.68 Å². The standard InChI is InChI=1S/C8H15N5O/c1-3-6(2)10-8(14)5-13-4-7(9)11-12-13/h4,6H,3,5,9H2,1-2H3,(H,10,14). The van der Waals surface area contributed by atoms with Gasteiger partial charge in [0, 0.05) is 6.04 Å². The van der Waals surface area contributed by atoms with Crippen LogP contribution in [0.1, 0.15) is 20.3 Å². The summed E-state index contributed by atoms with van der Waals surface area (Å²) in [6.45, 7) is 4.13. The molecule has 1 atom stereocenters. The van der Waals surface area contributed by atoms with Crippen molar-refractivity contribution in [3.05, 3.63) is 6.20 Å². The van der Waals surface area contributed by atoms with Crippen molar-refractivity contribution in [3.63, 3.8) is 0 Å². The molecular formula is C8H15N5O. The number of nitrogen functional groups attached to an aromatic ring is 1. The fourth-order valence-corrected chi connectivity index (χ4v) is 0.960. The minimum absolute atomic E-state index is 0.0794. The van der Waals surface area contributed by atoms with Gasteiger partial charge in [-0.3, -0.25) is 4.79 Å². The number of carbonyl (C=O) groups is 1. The second-order valence-electron chi connectivity index (χ2n) is 3.22. The molecule has 0 aliphatic heterocycles. The maximum absolute atomic E-state index is 11.4. The van der Waals surface area contributed by atoms with Crippen LogP contribution in [0.25, 0.3) is 0 Å². The molecule has 3 N–H and O–H groups in total. The van der Waals surface area contributed by atoms with E-state index >= 15 is 0 Å². The molecule has 0 saturated carbocycles. The third-order valence-electron chi connectivity index (χ3n) is 1.88. The topological polar surface area (TPSA) is 85.8 Å². The Morgan fingerprint density at radius 3 is 3.00 bits per heavy atom. The zero-order valence-electron chi connectivity index (χ0n) is 8.40. The summed E-state index contributed by atoms with van der Waals surface area (Å²) < 4.78 is 1.41. The van der Waals surface area contributed by atoms with E-state index in [1.54, 1.807) is 0 Å². The molecule has 14 heavy (non-hydrogen) atoms. The Balaban J connectivity index is 2.41. The van der Waals surface area contributed by atoms with Crippen LogP contribution < -0.4 is 11.1 Å². The molecule has 1 unspecified atom stereocenters. The lowest BCUT2D eigenvalue weighted by atomic mass is 10.2. The van der Waals surface area contributed by atoms with Gasteiger partial charge in [0.2, 0.25) is 5.91 Å². The highest BCUT2D eigenvalue weighted by atomic mass is 16.2. The van der Waals surface area contributed by atoms with Crippen molar-refractivity contribution in [3.8, 4) is 0 Å². The fourth-order valence-electron chi connectivity index (χ4n) is 0.960. The van der Waals surface area contributed by atoms with Gasteiger partial charge in [-0.15, -0.1) is 5.10 Å². The lowest BCUT2D eigenvalue weighted by Gasteiger charge is -2.10. The number of aromatic nitrogens is 3. The molecule has 1 amide bonds. The van der Waals surface area contributed by atoms with Crippen molar-refractivity contribution in [1.82, 2.24) is 20.3 Å². The smallest absolute Gasteiger partial charge is 0.242 e. The molecule has 0 saturated heterocycles. The first-order valence-electron chi connectivity index (χ1n) is 4.56. The molecule has 0 aliphatic rings. The van der Waals surface area contributed by atoms with Crippen LogP contribution in [0.4, 0.5) is 5.82 Å². The SMILES string of the molecule is CCC(C)NC(=O)Cn1cc(N)nn1. The summed E-state index contributed by atoms with van der Waals surface area (Å²) in [6, 6.07) is 0.184. The van der Waals surface area contributed by atoms with Crippen molar-refractivity contribution in [2.24, 2.45) is 0 Å². The number of anilines is 1. The third kappa shape index (κ3) is 3.04. The van der Waals surface area contributed by atoms with Crippen LogP contribution in [0, 0.1) is 0 Å². The molecule has 0 spiro atoms. The second kappa shape index (κ2) is 4.59. The van der Waals surface area contributed by atoms with Gasteiger partial charge >= 0.3 is 0 Å². The second-order valence-corrected chi connectivity index (χ2v) is 3.22. The molecule has 0 aliphatic carbocycles. The lowest BCUT2D eigenvalue weighted by molar-refractivity contribution is -0.122. The molecule has 0 aromatic carbocycles. The minimum Gasteiger partial charge on any atom is -0.381 e. The van der Waals surface area contributed by atoms with Gasteiger partial charge in [-0.1, -0.05) is 12.1 Å². The van der Waals surface area contributed by atoms with Gasteiger partial charge in [0.05, 0.1) is 6.20 Å². The number of nitrogens with one attached hydrogen (secondary N) is 1. The number of carbonyl (C=O) groups excluding carboxylic acids is 1. The van der Waals surface area contributed by atoms with E-state index in [4.69, 9.17) is 5.73 Å². The van der Waals surface area contributed by atoms with Crippen molar-refractivity contribution in [2.75, 3.05) is 5.73 Å². The largest absolute Gasteiger partial charge is 0.381 e. The van der Waals surface area contributed by atoms with Crippen LogP contribution >= 0.6 is 0 Å². The first-order valence-corrected chi connectivity index (χ1v) is 4.56. The molecule has 6 nitrogen and oxygen atoms in total. The minimum atomic E-state index is -0.0794. The fraction of sp³-hybridized carbons (Fsp3) is 0.625. The molecule has 6 heteroatoms. The molecular weight excluding hydrogens is 182 g/mol. The molecule has 1 aromatic heterocycles. The summed E-state index contributed by atoms with van der Waals surface area (Å²) in [4.78, 5) is 11.4. The van der Waals surface area contributed by atoms with E-state index in [2.05, 4.69) is 15.6 Å². The Hall–Kier alpha value is -1.59.